The maximum atomic E-state index is 5.94. The highest BCUT2D eigenvalue weighted by atomic mass is 35.5. The molecule has 0 saturated carbocycles. The third-order valence-electron chi connectivity index (χ3n) is 3.01. The average molecular weight is 286 g/mol. The van der Waals surface area contributed by atoms with Crippen LogP contribution in [0.4, 0.5) is 0 Å². The quantitative estimate of drug-likeness (QED) is 0.719. The smallest absolute Gasteiger partial charge is 0.218 e. The summed E-state index contributed by atoms with van der Waals surface area (Å²) >= 11 is 5.94. The second kappa shape index (κ2) is 7.62. The molecule has 0 N–H and O–H groups in total. The van der Waals surface area contributed by atoms with Gasteiger partial charge in [0.2, 0.25) is 5.88 Å². The molecular formula is C13H20ClN3O2. The van der Waals surface area contributed by atoms with Crippen molar-refractivity contribution in [3.05, 3.63) is 17.0 Å². The fraction of sp³-hybridized carbons (Fsp3) is 0.692. The van der Waals surface area contributed by atoms with E-state index in [9.17, 15) is 0 Å². The van der Waals surface area contributed by atoms with Crippen LogP contribution >= 0.6 is 11.6 Å². The van der Waals surface area contributed by atoms with Gasteiger partial charge < -0.3 is 9.47 Å². The fourth-order valence-corrected chi connectivity index (χ4v) is 2.25. The molecule has 1 aromatic rings. The first kappa shape index (κ1) is 14.5. The number of nitrogens with zero attached hydrogens (tertiary/aromatic N) is 3. The summed E-state index contributed by atoms with van der Waals surface area (Å²) in [6.07, 6.45) is 2.58. The van der Waals surface area contributed by atoms with E-state index in [4.69, 9.17) is 21.1 Å². The molecule has 0 unspecified atom stereocenters. The van der Waals surface area contributed by atoms with Gasteiger partial charge in [0.15, 0.2) is 5.82 Å². The van der Waals surface area contributed by atoms with Gasteiger partial charge in [0.05, 0.1) is 0 Å². The van der Waals surface area contributed by atoms with Crippen LogP contribution in [0.5, 0.6) is 5.88 Å². The van der Waals surface area contributed by atoms with Gasteiger partial charge in [-0.15, -0.1) is 0 Å². The Morgan fingerprint density at radius 3 is 2.84 bits per heavy atom. The Bertz CT molecular complexity index is 397. The predicted octanol–water partition coefficient (Wildman–Crippen LogP) is 2.14. The molecule has 106 valence electrons. The van der Waals surface area contributed by atoms with Crippen LogP contribution in [0.15, 0.2) is 6.07 Å². The summed E-state index contributed by atoms with van der Waals surface area (Å²) in [6, 6.07) is 1.64. The summed E-state index contributed by atoms with van der Waals surface area (Å²) in [5, 5.41) is 0.390. The zero-order valence-electron chi connectivity index (χ0n) is 11.3. The zero-order chi connectivity index (χ0) is 13.5. The molecular weight excluding hydrogens is 266 g/mol. The first-order chi connectivity index (χ1) is 9.28. The Morgan fingerprint density at radius 2 is 2.11 bits per heavy atom. The molecule has 0 aromatic carbocycles. The highest BCUT2D eigenvalue weighted by molar-refractivity contribution is 6.29. The van der Waals surface area contributed by atoms with E-state index in [1.54, 1.807) is 6.07 Å². The maximum absolute atomic E-state index is 5.94. The third kappa shape index (κ3) is 4.93. The minimum atomic E-state index is 0.361. The van der Waals surface area contributed by atoms with Gasteiger partial charge in [-0.3, -0.25) is 4.90 Å². The van der Waals surface area contributed by atoms with E-state index >= 15 is 0 Å². The summed E-state index contributed by atoms with van der Waals surface area (Å²) in [6.45, 7) is 6.81. The molecule has 0 spiro atoms. The first-order valence-corrected chi connectivity index (χ1v) is 7.12. The molecule has 0 bridgehead atoms. The van der Waals surface area contributed by atoms with Crippen LogP contribution in [0, 0.1) is 0 Å². The topological polar surface area (TPSA) is 47.5 Å². The van der Waals surface area contributed by atoms with E-state index < -0.39 is 0 Å². The fourth-order valence-electron chi connectivity index (χ4n) is 2.06. The Morgan fingerprint density at radius 1 is 1.32 bits per heavy atom. The van der Waals surface area contributed by atoms with Crippen LogP contribution in [0.3, 0.4) is 0 Å². The van der Waals surface area contributed by atoms with Gasteiger partial charge in [-0.1, -0.05) is 11.6 Å². The van der Waals surface area contributed by atoms with Crippen molar-refractivity contribution in [2.24, 2.45) is 0 Å². The molecule has 2 rings (SSSR count). The predicted molar refractivity (Wildman–Crippen MR) is 73.5 cm³/mol. The zero-order valence-corrected chi connectivity index (χ0v) is 12.0. The molecule has 1 aliphatic heterocycles. The molecule has 0 radical (unpaired) electrons. The van der Waals surface area contributed by atoms with Gasteiger partial charge in [0.1, 0.15) is 18.4 Å². The number of hydrogen-bond acceptors (Lipinski definition) is 5. The van der Waals surface area contributed by atoms with Crippen molar-refractivity contribution in [2.75, 3.05) is 32.8 Å². The second-order valence-electron chi connectivity index (χ2n) is 4.48. The lowest BCUT2D eigenvalue weighted by Crippen LogP contribution is -2.25. The number of halogens is 1. The van der Waals surface area contributed by atoms with E-state index in [1.807, 2.05) is 6.92 Å². The van der Waals surface area contributed by atoms with Crippen LogP contribution in [0.2, 0.25) is 5.15 Å². The van der Waals surface area contributed by atoms with Gasteiger partial charge in [0, 0.05) is 19.2 Å². The molecule has 2 heterocycles. The van der Waals surface area contributed by atoms with Crippen molar-refractivity contribution in [1.82, 2.24) is 14.9 Å². The molecule has 19 heavy (non-hydrogen) atoms. The van der Waals surface area contributed by atoms with Crippen molar-refractivity contribution in [2.45, 2.75) is 26.4 Å². The molecule has 6 heteroatoms. The maximum Gasteiger partial charge on any atom is 0.218 e. The second-order valence-corrected chi connectivity index (χ2v) is 4.87. The highest BCUT2D eigenvalue weighted by Crippen LogP contribution is 2.14. The Kier molecular flexibility index (Phi) is 5.82. The number of aromatic nitrogens is 2. The largest absolute Gasteiger partial charge is 0.476 e. The number of likely N-dealkylation sites (tertiary alicyclic amines) is 1. The van der Waals surface area contributed by atoms with Crippen molar-refractivity contribution in [3.8, 4) is 5.88 Å². The molecule has 0 amide bonds. The standard InChI is InChI=1S/C13H20ClN3O2/c1-2-18-10-12-15-11(14)9-13(16-12)19-8-7-17-5-3-4-6-17/h9H,2-8,10H2,1H3. The van der Waals surface area contributed by atoms with Crippen LogP contribution < -0.4 is 4.74 Å². The monoisotopic (exact) mass is 285 g/mol. The van der Waals surface area contributed by atoms with Gasteiger partial charge in [-0.2, -0.15) is 4.98 Å². The molecule has 1 aromatic heterocycles. The SMILES string of the molecule is CCOCc1nc(Cl)cc(OCCN2CCCC2)n1. The molecule has 0 atom stereocenters. The minimum absolute atomic E-state index is 0.361. The summed E-state index contributed by atoms with van der Waals surface area (Å²) in [5.74, 6) is 1.08. The number of hydrogen-bond donors (Lipinski definition) is 0. The van der Waals surface area contributed by atoms with E-state index in [2.05, 4.69) is 14.9 Å². The summed E-state index contributed by atoms with van der Waals surface area (Å²) < 4.78 is 10.9. The average Bonchev–Trinajstić information content (AvgIpc) is 2.89. The van der Waals surface area contributed by atoms with E-state index in [1.165, 1.54) is 25.9 Å². The van der Waals surface area contributed by atoms with Gasteiger partial charge in [-0.05, 0) is 32.9 Å². The van der Waals surface area contributed by atoms with Crippen molar-refractivity contribution < 1.29 is 9.47 Å². The lowest BCUT2D eigenvalue weighted by molar-refractivity contribution is 0.127. The normalized spacial score (nSPS) is 15.9. The van der Waals surface area contributed by atoms with Crippen LogP contribution in [0.25, 0.3) is 0 Å². The minimum Gasteiger partial charge on any atom is -0.476 e. The highest BCUT2D eigenvalue weighted by Gasteiger charge is 2.11. The molecule has 0 aliphatic carbocycles. The van der Waals surface area contributed by atoms with Crippen molar-refractivity contribution in [1.29, 1.82) is 0 Å². The Balaban J connectivity index is 1.82. The van der Waals surface area contributed by atoms with Gasteiger partial charge >= 0.3 is 0 Å². The summed E-state index contributed by atoms with van der Waals surface area (Å²) in [5.41, 5.74) is 0. The molecule has 1 saturated heterocycles. The van der Waals surface area contributed by atoms with Gasteiger partial charge in [-0.25, -0.2) is 4.98 Å². The van der Waals surface area contributed by atoms with Gasteiger partial charge in [0.25, 0.3) is 0 Å². The Labute approximate surface area is 118 Å². The molecule has 1 fully saturated rings. The molecule has 5 nitrogen and oxygen atoms in total. The third-order valence-corrected chi connectivity index (χ3v) is 3.20. The summed E-state index contributed by atoms with van der Waals surface area (Å²) in [4.78, 5) is 10.8. The van der Waals surface area contributed by atoms with E-state index in [-0.39, 0.29) is 0 Å². The number of rotatable bonds is 7. The lowest BCUT2D eigenvalue weighted by Gasteiger charge is -2.14. The summed E-state index contributed by atoms with van der Waals surface area (Å²) in [7, 11) is 0. The van der Waals surface area contributed by atoms with Crippen molar-refractivity contribution in [3.63, 3.8) is 0 Å². The lowest BCUT2D eigenvalue weighted by atomic mass is 10.4. The molecule has 1 aliphatic rings. The van der Waals surface area contributed by atoms with E-state index in [0.29, 0.717) is 36.7 Å². The van der Waals surface area contributed by atoms with Crippen LogP contribution in [-0.4, -0.2) is 47.7 Å². The number of ether oxygens (including phenoxy) is 2. The Hall–Kier alpha value is -0.910. The van der Waals surface area contributed by atoms with E-state index in [0.717, 1.165) is 6.54 Å². The van der Waals surface area contributed by atoms with Crippen molar-refractivity contribution >= 4 is 11.6 Å². The van der Waals surface area contributed by atoms with Crippen LogP contribution in [0.1, 0.15) is 25.6 Å². The van der Waals surface area contributed by atoms with Crippen LogP contribution in [-0.2, 0) is 11.3 Å². The first-order valence-electron chi connectivity index (χ1n) is 6.74.